The molecule has 3 nitrogen and oxygen atoms in total. The molecule has 0 aromatic heterocycles. The van der Waals surface area contributed by atoms with Crippen LogP contribution in [0.1, 0.15) is 31.4 Å². The average Bonchev–Trinajstić information content (AvgIpc) is 2.86. The third-order valence-corrected chi connectivity index (χ3v) is 3.21. The average molecular weight is 230 g/mol. The zero-order valence-electron chi connectivity index (χ0n) is 10.2. The topological polar surface area (TPSA) is 36.3 Å². The van der Waals surface area contributed by atoms with E-state index >= 15 is 0 Å². The van der Waals surface area contributed by atoms with Crippen LogP contribution in [0.2, 0.25) is 0 Å². The van der Waals surface area contributed by atoms with Gasteiger partial charge >= 0.3 is 0 Å². The summed E-state index contributed by atoms with van der Waals surface area (Å²) in [6.45, 7) is 3.36. The molecule has 0 bridgehead atoms. The summed E-state index contributed by atoms with van der Waals surface area (Å²) in [6.07, 6.45) is 1.93. The largest absolute Gasteiger partial charge is 0.364 e. The first-order chi connectivity index (χ1) is 8.36. The molecular formula is C14H18N2O. The van der Waals surface area contributed by atoms with Gasteiger partial charge in [0, 0.05) is 0 Å². The van der Waals surface area contributed by atoms with Crippen LogP contribution in [-0.2, 0) is 4.74 Å². The first-order valence-electron chi connectivity index (χ1n) is 6.15. The van der Waals surface area contributed by atoms with Gasteiger partial charge in [-0.15, -0.1) is 0 Å². The van der Waals surface area contributed by atoms with Crippen LogP contribution >= 0.6 is 0 Å². The summed E-state index contributed by atoms with van der Waals surface area (Å²) in [5.41, 5.74) is 1.24. The third kappa shape index (κ3) is 2.66. The Morgan fingerprint density at radius 3 is 2.88 bits per heavy atom. The van der Waals surface area contributed by atoms with Crippen molar-refractivity contribution in [3.63, 3.8) is 0 Å². The van der Waals surface area contributed by atoms with Crippen molar-refractivity contribution in [2.45, 2.75) is 31.8 Å². The number of hydrogen-bond acceptors (Lipinski definition) is 3. The van der Waals surface area contributed by atoms with Crippen molar-refractivity contribution in [1.82, 2.24) is 4.90 Å². The maximum absolute atomic E-state index is 9.24. The second kappa shape index (κ2) is 5.81. The van der Waals surface area contributed by atoms with Crippen molar-refractivity contribution < 1.29 is 4.74 Å². The molecule has 1 heterocycles. The molecule has 2 rings (SSSR count). The molecule has 0 aliphatic carbocycles. The third-order valence-electron chi connectivity index (χ3n) is 3.21. The van der Waals surface area contributed by atoms with Crippen LogP contribution < -0.4 is 0 Å². The highest BCUT2D eigenvalue weighted by molar-refractivity contribution is 5.20. The number of hydrogen-bond donors (Lipinski definition) is 0. The second-order valence-corrected chi connectivity index (χ2v) is 4.37. The summed E-state index contributed by atoms with van der Waals surface area (Å²) in [4.78, 5) is 2.17. The maximum atomic E-state index is 9.24. The van der Waals surface area contributed by atoms with Crippen molar-refractivity contribution in [2.24, 2.45) is 0 Å². The van der Waals surface area contributed by atoms with Gasteiger partial charge in [-0.05, 0) is 12.0 Å². The van der Waals surface area contributed by atoms with Crippen molar-refractivity contribution >= 4 is 0 Å². The van der Waals surface area contributed by atoms with E-state index in [-0.39, 0.29) is 12.1 Å². The molecule has 90 valence electrons. The van der Waals surface area contributed by atoms with E-state index in [1.165, 1.54) is 5.56 Å². The Bertz CT molecular complexity index is 385. The van der Waals surface area contributed by atoms with Gasteiger partial charge in [0.1, 0.15) is 12.8 Å². The lowest BCUT2D eigenvalue weighted by Crippen LogP contribution is -2.34. The van der Waals surface area contributed by atoms with E-state index in [0.29, 0.717) is 13.3 Å². The first-order valence-corrected chi connectivity index (χ1v) is 6.15. The molecule has 0 amide bonds. The van der Waals surface area contributed by atoms with Crippen LogP contribution in [0.4, 0.5) is 0 Å². The van der Waals surface area contributed by atoms with Gasteiger partial charge in [-0.25, -0.2) is 0 Å². The van der Waals surface area contributed by atoms with E-state index in [0.717, 1.165) is 12.8 Å². The van der Waals surface area contributed by atoms with Gasteiger partial charge in [0.25, 0.3) is 0 Å². The highest BCUT2D eigenvalue weighted by Gasteiger charge is 2.31. The quantitative estimate of drug-likeness (QED) is 0.798. The van der Waals surface area contributed by atoms with Crippen molar-refractivity contribution in [2.75, 3.05) is 13.3 Å². The van der Waals surface area contributed by atoms with E-state index in [1.54, 1.807) is 0 Å². The van der Waals surface area contributed by atoms with Gasteiger partial charge in [-0.3, -0.25) is 4.90 Å². The summed E-state index contributed by atoms with van der Waals surface area (Å²) < 4.78 is 5.53. The zero-order valence-corrected chi connectivity index (χ0v) is 10.2. The maximum Gasteiger partial charge on any atom is 0.101 e. The van der Waals surface area contributed by atoms with Gasteiger partial charge < -0.3 is 4.74 Å². The lowest BCUT2D eigenvalue weighted by molar-refractivity contribution is 0.120. The molecule has 0 saturated carbocycles. The molecule has 1 saturated heterocycles. The minimum absolute atomic E-state index is 0.0345. The number of nitrogens with zero attached hydrogens (tertiary/aromatic N) is 2. The summed E-state index contributed by atoms with van der Waals surface area (Å²) in [6, 6.07) is 12.9. The van der Waals surface area contributed by atoms with E-state index < -0.39 is 0 Å². The van der Waals surface area contributed by atoms with E-state index in [1.807, 2.05) is 18.2 Å². The summed E-state index contributed by atoms with van der Waals surface area (Å²) in [7, 11) is 0. The molecule has 17 heavy (non-hydrogen) atoms. The fourth-order valence-electron chi connectivity index (χ4n) is 2.30. The Morgan fingerprint density at radius 2 is 2.24 bits per heavy atom. The number of nitriles is 1. The van der Waals surface area contributed by atoms with Crippen molar-refractivity contribution in [3.8, 4) is 6.07 Å². The highest BCUT2D eigenvalue weighted by atomic mass is 16.5. The smallest absolute Gasteiger partial charge is 0.101 e. The summed E-state index contributed by atoms with van der Waals surface area (Å²) in [5.74, 6) is 0. The minimum atomic E-state index is -0.0345. The van der Waals surface area contributed by atoms with E-state index in [9.17, 15) is 5.26 Å². The van der Waals surface area contributed by atoms with Gasteiger partial charge in [0.2, 0.25) is 0 Å². The minimum Gasteiger partial charge on any atom is -0.364 e. The van der Waals surface area contributed by atoms with Crippen LogP contribution in [0.5, 0.6) is 0 Å². The fourth-order valence-corrected chi connectivity index (χ4v) is 2.30. The van der Waals surface area contributed by atoms with Gasteiger partial charge in [-0.2, -0.15) is 5.26 Å². The van der Waals surface area contributed by atoms with Crippen molar-refractivity contribution in [1.29, 1.82) is 5.26 Å². The predicted molar refractivity (Wildman–Crippen MR) is 66.2 cm³/mol. The van der Waals surface area contributed by atoms with Crippen LogP contribution in [0.3, 0.4) is 0 Å². The summed E-state index contributed by atoms with van der Waals surface area (Å²) >= 11 is 0. The Hall–Kier alpha value is -1.37. The molecule has 1 aliphatic rings. The molecule has 2 atom stereocenters. The highest BCUT2D eigenvalue weighted by Crippen LogP contribution is 2.29. The predicted octanol–water partition coefficient (Wildman–Crippen LogP) is 2.71. The second-order valence-electron chi connectivity index (χ2n) is 4.37. The molecule has 3 heteroatoms. The van der Waals surface area contributed by atoms with Crippen LogP contribution in [0.25, 0.3) is 0 Å². The first kappa shape index (κ1) is 12.1. The molecule has 0 unspecified atom stereocenters. The van der Waals surface area contributed by atoms with Gasteiger partial charge in [-0.1, -0.05) is 43.7 Å². The molecule has 1 aromatic carbocycles. The number of benzene rings is 1. The van der Waals surface area contributed by atoms with E-state index in [4.69, 9.17) is 4.74 Å². The zero-order chi connectivity index (χ0) is 12.1. The summed E-state index contributed by atoms with van der Waals surface area (Å²) in [5, 5.41) is 9.24. The molecule has 1 aliphatic heterocycles. The normalized spacial score (nSPS) is 22.2. The Morgan fingerprint density at radius 1 is 1.47 bits per heavy atom. The van der Waals surface area contributed by atoms with Crippen LogP contribution in [0.15, 0.2) is 30.3 Å². The standard InChI is InChI=1S/C14H18N2O/c1-2-6-13(9-15)16-11-17-10-14(16)12-7-4-3-5-8-12/h3-5,7-8,13-14H,2,6,10-11H2,1H3/t13-,14+/m1/s1. The fraction of sp³-hybridized carbons (Fsp3) is 0.500. The molecule has 1 fully saturated rings. The Balaban J connectivity index is 2.15. The molecule has 0 spiro atoms. The molecule has 1 aromatic rings. The molecule has 0 radical (unpaired) electrons. The van der Waals surface area contributed by atoms with Crippen molar-refractivity contribution in [3.05, 3.63) is 35.9 Å². The lowest BCUT2D eigenvalue weighted by atomic mass is 10.0. The molecule has 0 N–H and O–H groups in total. The van der Waals surface area contributed by atoms with Crippen LogP contribution in [0, 0.1) is 11.3 Å². The Labute approximate surface area is 103 Å². The lowest BCUT2D eigenvalue weighted by Gasteiger charge is -2.26. The number of rotatable bonds is 4. The van der Waals surface area contributed by atoms with Crippen LogP contribution in [-0.4, -0.2) is 24.3 Å². The van der Waals surface area contributed by atoms with E-state index in [2.05, 4.69) is 30.0 Å². The Kier molecular flexibility index (Phi) is 4.13. The number of ether oxygens (including phenoxy) is 1. The van der Waals surface area contributed by atoms with Gasteiger partial charge in [0.05, 0.1) is 18.7 Å². The monoisotopic (exact) mass is 230 g/mol. The van der Waals surface area contributed by atoms with Gasteiger partial charge in [0.15, 0.2) is 0 Å². The molecular weight excluding hydrogens is 212 g/mol. The SMILES string of the molecule is CCC[C@H](C#N)N1COC[C@H]1c1ccccc1.